The minimum Gasteiger partial charge on any atom is -0.377 e. The van der Waals surface area contributed by atoms with Crippen molar-refractivity contribution in [3.63, 3.8) is 0 Å². The molecule has 2 rings (SSSR count). The van der Waals surface area contributed by atoms with Crippen LogP contribution in [0.1, 0.15) is 32.1 Å². The van der Waals surface area contributed by atoms with E-state index in [4.69, 9.17) is 4.74 Å². The van der Waals surface area contributed by atoms with Crippen molar-refractivity contribution in [1.82, 2.24) is 15.5 Å². The zero-order valence-electron chi connectivity index (χ0n) is 11.9. The van der Waals surface area contributed by atoms with E-state index < -0.39 is 0 Å². The van der Waals surface area contributed by atoms with Crippen LogP contribution in [0.15, 0.2) is 0 Å². The predicted octanol–water partition coefficient (Wildman–Crippen LogP) is 0.559. The van der Waals surface area contributed by atoms with Gasteiger partial charge in [0.15, 0.2) is 0 Å². The first-order valence-corrected chi connectivity index (χ1v) is 7.51. The summed E-state index contributed by atoms with van der Waals surface area (Å²) < 4.78 is 5.94. The highest BCUT2D eigenvalue weighted by Gasteiger charge is 2.21. The second kappa shape index (κ2) is 7.94. The Morgan fingerprint density at radius 3 is 2.68 bits per heavy atom. The fraction of sp³-hybridized carbons (Fsp3) is 0.929. The summed E-state index contributed by atoms with van der Waals surface area (Å²) in [5.74, 6) is 0.279. The number of hydrogen-bond acceptors (Lipinski definition) is 5. The van der Waals surface area contributed by atoms with Gasteiger partial charge in [-0.05, 0) is 45.7 Å². The number of aldehydes is 1. The van der Waals surface area contributed by atoms with Gasteiger partial charge < -0.3 is 14.8 Å². The van der Waals surface area contributed by atoms with Gasteiger partial charge in [0.05, 0.1) is 18.9 Å². The average Bonchev–Trinajstić information content (AvgIpc) is 2.49. The third-order valence-electron chi connectivity index (χ3n) is 4.30. The van der Waals surface area contributed by atoms with Gasteiger partial charge >= 0.3 is 0 Å². The minimum absolute atomic E-state index is 0.279. The summed E-state index contributed by atoms with van der Waals surface area (Å²) in [6.45, 7) is 3.73. The van der Waals surface area contributed by atoms with Crippen LogP contribution in [-0.4, -0.2) is 56.9 Å². The molecule has 1 atom stereocenters. The lowest BCUT2D eigenvalue weighted by Gasteiger charge is -2.33. The molecule has 1 saturated heterocycles. The molecule has 0 aromatic heterocycles. The molecule has 2 fully saturated rings. The number of carbonyl (C=O) groups is 1. The molecule has 110 valence electrons. The smallest absolute Gasteiger partial charge is 0.123 e. The molecule has 0 spiro atoms. The molecule has 19 heavy (non-hydrogen) atoms. The van der Waals surface area contributed by atoms with E-state index in [0.717, 1.165) is 64.8 Å². The van der Waals surface area contributed by atoms with E-state index >= 15 is 0 Å². The number of likely N-dealkylation sites (N-methyl/N-ethyl adjacent to an activating group) is 1. The van der Waals surface area contributed by atoms with Crippen molar-refractivity contribution in [1.29, 1.82) is 0 Å². The van der Waals surface area contributed by atoms with Crippen LogP contribution in [0, 0.1) is 5.92 Å². The Hall–Kier alpha value is -0.490. The third kappa shape index (κ3) is 4.84. The minimum atomic E-state index is 0.279. The Morgan fingerprint density at radius 2 is 2.05 bits per heavy atom. The van der Waals surface area contributed by atoms with Crippen molar-refractivity contribution in [2.45, 2.75) is 44.4 Å². The molecule has 0 amide bonds. The van der Waals surface area contributed by atoms with Gasteiger partial charge in [0.2, 0.25) is 0 Å². The molecule has 5 nitrogen and oxygen atoms in total. The van der Waals surface area contributed by atoms with Gasteiger partial charge in [-0.25, -0.2) is 0 Å². The highest BCUT2D eigenvalue weighted by molar-refractivity contribution is 5.53. The number of nitrogens with zero attached hydrogens (tertiary/aromatic N) is 1. The van der Waals surface area contributed by atoms with Crippen molar-refractivity contribution in [2.24, 2.45) is 5.92 Å². The molecule has 1 aliphatic carbocycles. The lowest BCUT2D eigenvalue weighted by atomic mass is 9.88. The van der Waals surface area contributed by atoms with Crippen LogP contribution < -0.4 is 10.6 Å². The largest absolute Gasteiger partial charge is 0.377 e. The molecule has 0 radical (unpaired) electrons. The quantitative estimate of drug-likeness (QED) is 0.690. The standard InChI is InChI=1S/C14H27N3O2/c1-17(14-6-7-15-11-16-14)8-9-19-13-4-2-12(10-18)3-5-13/h10,12-16H,2-9,11H2,1H3. The Labute approximate surface area is 116 Å². The van der Waals surface area contributed by atoms with Crippen molar-refractivity contribution >= 4 is 6.29 Å². The van der Waals surface area contributed by atoms with Crippen molar-refractivity contribution in [3.05, 3.63) is 0 Å². The van der Waals surface area contributed by atoms with E-state index in [-0.39, 0.29) is 5.92 Å². The lowest BCUT2D eigenvalue weighted by molar-refractivity contribution is -0.112. The van der Waals surface area contributed by atoms with Gasteiger partial charge in [-0.3, -0.25) is 10.2 Å². The summed E-state index contributed by atoms with van der Waals surface area (Å²) in [5.41, 5.74) is 0. The number of hydrogen-bond donors (Lipinski definition) is 2. The maximum Gasteiger partial charge on any atom is 0.123 e. The van der Waals surface area contributed by atoms with Crippen LogP contribution in [0.3, 0.4) is 0 Å². The molecule has 0 aromatic rings. The highest BCUT2D eigenvalue weighted by Crippen LogP contribution is 2.24. The highest BCUT2D eigenvalue weighted by atomic mass is 16.5. The Morgan fingerprint density at radius 1 is 1.26 bits per heavy atom. The summed E-state index contributed by atoms with van der Waals surface area (Å²) in [6.07, 6.45) is 7.16. The second-order valence-electron chi connectivity index (χ2n) is 5.71. The van der Waals surface area contributed by atoms with E-state index in [2.05, 4.69) is 22.6 Å². The fourth-order valence-corrected chi connectivity index (χ4v) is 2.91. The Bertz CT molecular complexity index is 261. The monoisotopic (exact) mass is 269 g/mol. The molecule has 0 bridgehead atoms. The first kappa shape index (κ1) is 14.9. The van der Waals surface area contributed by atoms with Gasteiger partial charge in [0, 0.05) is 19.1 Å². The zero-order valence-corrected chi connectivity index (χ0v) is 11.9. The van der Waals surface area contributed by atoms with Gasteiger partial charge in [-0.1, -0.05) is 0 Å². The topological polar surface area (TPSA) is 53.6 Å². The van der Waals surface area contributed by atoms with E-state index in [1.54, 1.807) is 0 Å². The van der Waals surface area contributed by atoms with Crippen LogP contribution in [0.2, 0.25) is 0 Å². The Kier molecular flexibility index (Phi) is 6.23. The van der Waals surface area contributed by atoms with Crippen LogP contribution in [-0.2, 0) is 9.53 Å². The predicted molar refractivity (Wildman–Crippen MR) is 74.8 cm³/mol. The van der Waals surface area contributed by atoms with E-state index in [9.17, 15) is 4.79 Å². The number of carbonyl (C=O) groups excluding carboxylic acids is 1. The summed E-state index contributed by atoms with van der Waals surface area (Å²) in [4.78, 5) is 13.0. The Balaban J connectivity index is 1.57. The summed E-state index contributed by atoms with van der Waals surface area (Å²) in [6, 6.07) is 0. The maximum absolute atomic E-state index is 10.7. The van der Waals surface area contributed by atoms with Crippen LogP contribution in [0.5, 0.6) is 0 Å². The summed E-state index contributed by atoms with van der Waals surface area (Å²) in [5, 5.41) is 6.73. The van der Waals surface area contributed by atoms with Crippen LogP contribution in [0.25, 0.3) is 0 Å². The summed E-state index contributed by atoms with van der Waals surface area (Å²) in [7, 11) is 2.15. The molecule has 2 aliphatic rings. The van der Waals surface area contributed by atoms with Gasteiger partial charge in [0.1, 0.15) is 6.29 Å². The van der Waals surface area contributed by atoms with E-state index in [0.29, 0.717) is 12.3 Å². The molecule has 2 N–H and O–H groups in total. The van der Waals surface area contributed by atoms with E-state index in [1.807, 2.05) is 0 Å². The number of ether oxygens (including phenoxy) is 1. The molecular weight excluding hydrogens is 242 g/mol. The molecule has 5 heteroatoms. The van der Waals surface area contributed by atoms with Crippen LogP contribution in [0.4, 0.5) is 0 Å². The fourth-order valence-electron chi connectivity index (χ4n) is 2.91. The first-order chi connectivity index (χ1) is 9.29. The maximum atomic E-state index is 10.7. The van der Waals surface area contributed by atoms with E-state index in [1.165, 1.54) is 0 Å². The van der Waals surface area contributed by atoms with Crippen molar-refractivity contribution < 1.29 is 9.53 Å². The van der Waals surface area contributed by atoms with Crippen LogP contribution >= 0.6 is 0 Å². The molecule has 1 heterocycles. The summed E-state index contributed by atoms with van der Waals surface area (Å²) >= 11 is 0. The van der Waals surface area contributed by atoms with Gasteiger partial charge in [0.25, 0.3) is 0 Å². The molecule has 1 aliphatic heterocycles. The van der Waals surface area contributed by atoms with Crippen molar-refractivity contribution in [2.75, 3.05) is 33.4 Å². The average molecular weight is 269 g/mol. The molecule has 1 unspecified atom stereocenters. The SMILES string of the molecule is CN(CCOC1CCC(C=O)CC1)C1CCNCN1. The zero-order chi connectivity index (χ0) is 13.5. The molecule has 1 saturated carbocycles. The molecule has 0 aromatic carbocycles. The first-order valence-electron chi connectivity index (χ1n) is 7.51. The number of nitrogens with one attached hydrogen (secondary N) is 2. The second-order valence-corrected chi connectivity index (χ2v) is 5.71. The normalized spacial score (nSPS) is 32.4. The van der Waals surface area contributed by atoms with Gasteiger partial charge in [-0.2, -0.15) is 0 Å². The van der Waals surface area contributed by atoms with Crippen molar-refractivity contribution in [3.8, 4) is 0 Å². The van der Waals surface area contributed by atoms with Gasteiger partial charge in [-0.15, -0.1) is 0 Å². The molecular formula is C14H27N3O2. The lowest BCUT2D eigenvalue weighted by Crippen LogP contribution is -2.53. The number of rotatable bonds is 6. The third-order valence-corrected chi connectivity index (χ3v) is 4.30.